The molecule has 0 aromatic heterocycles. The standard InChI is InChI=1S/C26H36N4O5/c1-18-7-6-8-19(2)25(18)28-24(32)17-30-13-11-29(12-14-30)10-9-23(31)27-20-15-21(33-3)26(35-5)22(16-20)34-4/h6-8,15-16H,9-14,17H2,1-5H3,(H,27,31)(H,28,32). The van der Waals surface area contributed by atoms with Gasteiger partial charge in [0, 0.05) is 62.7 Å². The molecule has 35 heavy (non-hydrogen) atoms. The fourth-order valence-corrected chi connectivity index (χ4v) is 4.20. The van der Waals surface area contributed by atoms with Crippen LogP contribution in [-0.2, 0) is 9.59 Å². The summed E-state index contributed by atoms with van der Waals surface area (Å²) in [6.07, 6.45) is 0.365. The molecule has 2 aromatic rings. The number of nitrogens with zero attached hydrogens (tertiary/aromatic N) is 2. The molecule has 1 aliphatic heterocycles. The van der Waals surface area contributed by atoms with E-state index in [1.807, 2.05) is 32.0 Å². The SMILES string of the molecule is COc1cc(NC(=O)CCN2CCN(CC(=O)Nc3c(C)cccc3C)CC2)cc(OC)c1OC. The summed E-state index contributed by atoms with van der Waals surface area (Å²) in [4.78, 5) is 29.5. The Labute approximate surface area is 207 Å². The molecule has 190 valence electrons. The second kappa shape index (κ2) is 12.4. The average Bonchev–Trinajstić information content (AvgIpc) is 2.85. The maximum Gasteiger partial charge on any atom is 0.238 e. The van der Waals surface area contributed by atoms with Crippen molar-refractivity contribution < 1.29 is 23.8 Å². The van der Waals surface area contributed by atoms with E-state index in [0.29, 0.717) is 42.4 Å². The lowest BCUT2D eigenvalue weighted by Gasteiger charge is -2.34. The summed E-state index contributed by atoms with van der Waals surface area (Å²) in [6.45, 7) is 8.21. The number of methoxy groups -OCH3 is 3. The van der Waals surface area contributed by atoms with Crippen LogP contribution in [0.5, 0.6) is 17.2 Å². The van der Waals surface area contributed by atoms with Gasteiger partial charge in [-0.25, -0.2) is 0 Å². The smallest absolute Gasteiger partial charge is 0.238 e. The van der Waals surface area contributed by atoms with Crippen LogP contribution < -0.4 is 24.8 Å². The predicted molar refractivity (Wildman–Crippen MR) is 137 cm³/mol. The van der Waals surface area contributed by atoms with E-state index in [0.717, 1.165) is 43.0 Å². The van der Waals surface area contributed by atoms with Crippen molar-refractivity contribution in [1.82, 2.24) is 9.80 Å². The minimum Gasteiger partial charge on any atom is -0.493 e. The number of piperazine rings is 1. The van der Waals surface area contributed by atoms with Crippen molar-refractivity contribution >= 4 is 23.2 Å². The normalized spacial score (nSPS) is 14.3. The van der Waals surface area contributed by atoms with Gasteiger partial charge in [-0.1, -0.05) is 18.2 Å². The van der Waals surface area contributed by atoms with Crippen LogP contribution in [0, 0.1) is 13.8 Å². The summed E-state index contributed by atoms with van der Waals surface area (Å²) in [5.74, 6) is 1.36. The molecule has 0 saturated carbocycles. The topological polar surface area (TPSA) is 92.4 Å². The number of hydrogen-bond donors (Lipinski definition) is 2. The highest BCUT2D eigenvalue weighted by Crippen LogP contribution is 2.39. The molecule has 1 saturated heterocycles. The van der Waals surface area contributed by atoms with Crippen molar-refractivity contribution in [3.63, 3.8) is 0 Å². The van der Waals surface area contributed by atoms with Crippen molar-refractivity contribution in [2.75, 3.05) is 71.2 Å². The van der Waals surface area contributed by atoms with E-state index in [2.05, 4.69) is 20.4 Å². The molecule has 1 aliphatic rings. The lowest BCUT2D eigenvalue weighted by Crippen LogP contribution is -2.49. The number of benzene rings is 2. The Balaban J connectivity index is 1.43. The Hall–Kier alpha value is -3.30. The number of para-hydroxylation sites is 1. The van der Waals surface area contributed by atoms with Gasteiger partial charge in [-0.3, -0.25) is 14.5 Å². The molecule has 2 aromatic carbocycles. The van der Waals surface area contributed by atoms with Gasteiger partial charge in [0.2, 0.25) is 17.6 Å². The molecule has 0 bridgehead atoms. The van der Waals surface area contributed by atoms with E-state index in [1.54, 1.807) is 12.1 Å². The quantitative estimate of drug-likeness (QED) is 0.536. The Morgan fingerprint density at radius 1 is 0.829 bits per heavy atom. The van der Waals surface area contributed by atoms with Crippen LogP contribution in [0.4, 0.5) is 11.4 Å². The summed E-state index contributed by atoms with van der Waals surface area (Å²) in [5, 5.41) is 5.96. The largest absolute Gasteiger partial charge is 0.493 e. The second-order valence-electron chi connectivity index (χ2n) is 8.64. The van der Waals surface area contributed by atoms with E-state index < -0.39 is 0 Å². The zero-order chi connectivity index (χ0) is 25.4. The van der Waals surface area contributed by atoms with Gasteiger partial charge >= 0.3 is 0 Å². The molecule has 0 atom stereocenters. The molecule has 9 heteroatoms. The Bertz CT molecular complexity index is 989. The van der Waals surface area contributed by atoms with Crippen LogP contribution in [0.1, 0.15) is 17.5 Å². The minimum absolute atomic E-state index is 0.000533. The summed E-state index contributed by atoms with van der Waals surface area (Å²) in [7, 11) is 4.61. The van der Waals surface area contributed by atoms with Crippen molar-refractivity contribution in [3.8, 4) is 17.2 Å². The molecule has 2 N–H and O–H groups in total. The summed E-state index contributed by atoms with van der Waals surface area (Å²) < 4.78 is 16.0. The van der Waals surface area contributed by atoms with Gasteiger partial charge < -0.3 is 29.7 Å². The number of carbonyl (C=O) groups excluding carboxylic acids is 2. The first kappa shape index (κ1) is 26.3. The number of ether oxygens (including phenoxy) is 3. The van der Waals surface area contributed by atoms with E-state index in [1.165, 1.54) is 21.3 Å². The molecule has 0 spiro atoms. The van der Waals surface area contributed by atoms with Crippen molar-refractivity contribution in [1.29, 1.82) is 0 Å². The Morgan fingerprint density at radius 2 is 1.40 bits per heavy atom. The molecular weight excluding hydrogens is 448 g/mol. The van der Waals surface area contributed by atoms with Crippen LogP contribution in [0.2, 0.25) is 0 Å². The van der Waals surface area contributed by atoms with Gasteiger partial charge in [0.15, 0.2) is 11.5 Å². The average molecular weight is 485 g/mol. The molecule has 0 aliphatic carbocycles. The highest BCUT2D eigenvalue weighted by Gasteiger charge is 2.20. The lowest BCUT2D eigenvalue weighted by molar-refractivity contribution is -0.117. The third-order valence-corrected chi connectivity index (χ3v) is 6.18. The maximum absolute atomic E-state index is 12.5. The summed E-state index contributed by atoms with van der Waals surface area (Å²) >= 11 is 0. The molecule has 1 fully saturated rings. The number of hydrogen-bond acceptors (Lipinski definition) is 7. The summed E-state index contributed by atoms with van der Waals surface area (Å²) in [6, 6.07) is 9.41. The van der Waals surface area contributed by atoms with Gasteiger partial charge in [-0.05, 0) is 25.0 Å². The minimum atomic E-state index is -0.0883. The number of nitrogens with one attached hydrogen (secondary N) is 2. The van der Waals surface area contributed by atoms with Gasteiger partial charge in [-0.15, -0.1) is 0 Å². The fraction of sp³-hybridized carbons (Fsp3) is 0.462. The molecule has 9 nitrogen and oxygen atoms in total. The molecule has 3 rings (SSSR count). The first-order valence-corrected chi connectivity index (χ1v) is 11.7. The monoisotopic (exact) mass is 484 g/mol. The van der Waals surface area contributed by atoms with E-state index in [4.69, 9.17) is 14.2 Å². The molecule has 2 amide bonds. The third-order valence-electron chi connectivity index (χ3n) is 6.18. The zero-order valence-corrected chi connectivity index (χ0v) is 21.3. The van der Waals surface area contributed by atoms with Crippen LogP contribution in [0.3, 0.4) is 0 Å². The molecule has 0 radical (unpaired) electrons. The number of rotatable bonds is 10. The Kier molecular flexibility index (Phi) is 9.33. The Morgan fingerprint density at radius 3 is 1.94 bits per heavy atom. The lowest BCUT2D eigenvalue weighted by atomic mass is 10.1. The number of amides is 2. The fourth-order valence-electron chi connectivity index (χ4n) is 4.20. The van der Waals surface area contributed by atoms with Gasteiger partial charge in [0.25, 0.3) is 0 Å². The van der Waals surface area contributed by atoms with E-state index >= 15 is 0 Å². The van der Waals surface area contributed by atoms with E-state index in [9.17, 15) is 9.59 Å². The zero-order valence-electron chi connectivity index (χ0n) is 21.3. The highest BCUT2D eigenvalue weighted by molar-refractivity contribution is 5.94. The molecule has 1 heterocycles. The molecule has 0 unspecified atom stereocenters. The van der Waals surface area contributed by atoms with Gasteiger partial charge in [-0.2, -0.15) is 0 Å². The van der Waals surface area contributed by atoms with Gasteiger partial charge in [0.1, 0.15) is 0 Å². The van der Waals surface area contributed by atoms with Crippen molar-refractivity contribution in [3.05, 3.63) is 41.5 Å². The molecular formula is C26H36N4O5. The van der Waals surface area contributed by atoms with Crippen molar-refractivity contribution in [2.24, 2.45) is 0 Å². The van der Waals surface area contributed by atoms with Crippen molar-refractivity contribution in [2.45, 2.75) is 20.3 Å². The van der Waals surface area contributed by atoms with Crippen LogP contribution in [0.15, 0.2) is 30.3 Å². The third kappa shape index (κ3) is 7.10. The van der Waals surface area contributed by atoms with Crippen LogP contribution >= 0.6 is 0 Å². The highest BCUT2D eigenvalue weighted by atomic mass is 16.5. The van der Waals surface area contributed by atoms with Crippen LogP contribution in [-0.4, -0.2) is 82.2 Å². The number of aryl methyl sites for hydroxylation is 2. The summed E-state index contributed by atoms with van der Waals surface area (Å²) in [5.41, 5.74) is 3.61. The first-order chi connectivity index (χ1) is 16.8. The number of carbonyl (C=O) groups is 2. The van der Waals surface area contributed by atoms with Crippen LogP contribution in [0.25, 0.3) is 0 Å². The second-order valence-corrected chi connectivity index (χ2v) is 8.64. The number of anilines is 2. The predicted octanol–water partition coefficient (Wildman–Crippen LogP) is 2.91. The maximum atomic E-state index is 12.5. The van der Waals surface area contributed by atoms with E-state index in [-0.39, 0.29) is 11.8 Å². The first-order valence-electron chi connectivity index (χ1n) is 11.7. The van der Waals surface area contributed by atoms with Gasteiger partial charge in [0.05, 0.1) is 27.9 Å².